The summed E-state index contributed by atoms with van der Waals surface area (Å²) in [5, 5.41) is 1.44. The molecule has 0 unspecified atom stereocenters. The molecule has 4 aromatic rings. The van der Waals surface area contributed by atoms with Crippen molar-refractivity contribution in [3.05, 3.63) is 65.6 Å². The fourth-order valence-corrected chi connectivity index (χ4v) is 4.10. The van der Waals surface area contributed by atoms with Gasteiger partial charge in [-0.1, -0.05) is 37.6 Å². The molecule has 0 aliphatic rings. The van der Waals surface area contributed by atoms with Crippen molar-refractivity contribution in [2.75, 3.05) is 6.61 Å². The molecule has 0 atom stereocenters. The number of carbonyl (C=O) groups is 1. The number of aromatic nitrogens is 3. The molecule has 1 N–H and O–H groups in total. The smallest absolute Gasteiger partial charge is 0.305 e. The highest BCUT2D eigenvalue weighted by atomic mass is 16.5. The zero-order valence-electron chi connectivity index (χ0n) is 19.8. The molecule has 0 saturated heterocycles. The molecule has 32 heavy (non-hydrogen) atoms. The number of nitrogens with zero attached hydrogens (tertiary/aromatic N) is 2. The summed E-state index contributed by atoms with van der Waals surface area (Å²) in [7, 11) is 2.11. The summed E-state index contributed by atoms with van der Waals surface area (Å²) in [5.41, 5.74) is 6.29. The second-order valence-electron chi connectivity index (χ2n) is 8.15. The third kappa shape index (κ3) is 6.00. The number of carbonyl (C=O) groups excluding carboxylic acids is 1. The molecule has 0 amide bonds. The van der Waals surface area contributed by atoms with Gasteiger partial charge in [-0.2, -0.15) is 0 Å². The molecular weight excluding hydrogens is 398 g/mol. The van der Waals surface area contributed by atoms with E-state index in [0.29, 0.717) is 13.0 Å². The van der Waals surface area contributed by atoms with Crippen molar-refractivity contribution in [1.29, 1.82) is 0 Å². The van der Waals surface area contributed by atoms with E-state index in [-0.39, 0.29) is 5.97 Å². The molecule has 0 fully saturated rings. The molecule has 5 heteroatoms. The molecule has 0 saturated carbocycles. The van der Waals surface area contributed by atoms with Crippen LogP contribution in [0.3, 0.4) is 0 Å². The molecule has 0 spiro atoms. The number of para-hydroxylation sites is 2. The lowest BCUT2D eigenvalue weighted by atomic mass is 10.1. The quantitative estimate of drug-likeness (QED) is 0.263. The highest BCUT2D eigenvalue weighted by Gasteiger charge is 2.06. The molecular formula is C27H35N3O2. The van der Waals surface area contributed by atoms with Crippen LogP contribution in [0, 0.1) is 6.92 Å². The molecule has 2 aromatic carbocycles. The van der Waals surface area contributed by atoms with Crippen molar-refractivity contribution in [2.24, 2.45) is 7.05 Å². The predicted molar refractivity (Wildman–Crippen MR) is 132 cm³/mol. The number of ether oxygens (including phenoxy) is 1. The van der Waals surface area contributed by atoms with E-state index in [2.05, 4.69) is 59.8 Å². The summed E-state index contributed by atoms with van der Waals surface area (Å²) < 4.78 is 7.10. The zero-order chi connectivity index (χ0) is 22.9. The minimum atomic E-state index is -0.0914. The average molecular weight is 434 g/mol. The van der Waals surface area contributed by atoms with Gasteiger partial charge in [-0.3, -0.25) is 4.79 Å². The van der Waals surface area contributed by atoms with Crippen LogP contribution in [-0.2, 0) is 29.4 Å². The van der Waals surface area contributed by atoms with Crippen molar-refractivity contribution in [3.63, 3.8) is 0 Å². The standard InChI is InChI=1S/C15H20N2O2.C12H15N/c1-2-19-15(18)11-5-3-4-10-14-16-12-8-6-7-9-13(12)17-14;1-4-10-8-13(3)11-7-5-6-9(2)12(10)11/h6-9H,2-5,10-11H2,1H3,(H,16,17);5-8H,4H2,1-3H3. The second-order valence-corrected chi connectivity index (χ2v) is 8.15. The summed E-state index contributed by atoms with van der Waals surface area (Å²) in [5.74, 6) is 0.934. The lowest BCUT2D eigenvalue weighted by Gasteiger charge is -2.01. The minimum absolute atomic E-state index is 0.0914. The van der Waals surface area contributed by atoms with Crippen LogP contribution in [0.2, 0.25) is 0 Å². The van der Waals surface area contributed by atoms with Gasteiger partial charge in [-0.25, -0.2) is 4.98 Å². The Morgan fingerprint density at radius 1 is 1.06 bits per heavy atom. The third-order valence-corrected chi connectivity index (χ3v) is 5.72. The van der Waals surface area contributed by atoms with E-state index in [1.807, 2.05) is 31.2 Å². The Bertz CT molecular complexity index is 1120. The number of unbranched alkanes of at least 4 members (excludes halogenated alkanes) is 2. The first kappa shape index (κ1) is 23.6. The van der Waals surface area contributed by atoms with Crippen LogP contribution < -0.4 is 0 Å². The van der Waals surface area contributed by atoms with E-state index >= 15 is 0 Å². The number of hydrogen-bond acceptors (Lipinski definition) is 3. The van der Waals surface area contributed by atoms with Crippen LogP contribution in [-0.4, -0.2) is 27.1 Å². The average Bonchev–Trinajstić information content (AvgIpc) is 3.35. The van der Waals surface area contributed by atoms with E-state index in [4.69, 9.17) is 4.74 Å². The number of H-pyrrole nitrogens is 1. The summed E-state index contributed by atoms with van der Waals surface area (Å²) in [6.07, 6.45) is 7.75. The van der Waals surface area contributed by atoms with Crippen molar-refractivity contribution in [3.8, 4) is 0 Å². The SMILES string of the molecule is CCOC(=O)CCCCCc1nc2ccccc2[nH]1.CCc1cn(C)c2cccc(C)c12. The van der Waals surface area contributed by atoms with E-state index < -0.39 is 0 Å². The number of esters is 1. The van der Waals surface area contributed by atoms with Gasteiger partial charge in [0.1, 0.15) is 5.82 Å². The molecule has 2 aromatic heterocycles. The van der Waals surface area contributed by atoms with Crippen LogP contribution in [0.4, 0.5) is 0 Å². The van der Waals surface area contributed by atoms with Gasteiger partial charge in [-0.15, -0.1) is 0 Å². The van der Waals surface area contributed by atoms with Crippen molar-refractivity contribution in [2.45, 2.75) is 59.3 Å². The molecule has 2 heterocycles. The molecule has 5 nitrogen and oxygen atoms in total. The topological polar surface area (TPSA) is 59.9 Å². The zero-order valence-corrected chi connectivity index (χ0v) is 19.8. The van der Waals surface area contributed by atoms with Gasteiger partial charge in [0.05, 0.1) is 17.6 Å². The second kappa shape index (κ2) is 11.5. The lowest BCUT2D eigenvalue weighted by Crippen LogP contribution is -2.03. The van der Waals surface area contributed by atoms with E-state index in [1.54, 1.807) is 0 Å². The number of hydrogen-bond donors (Lipinski definition) is 1. The van der Waals surface area contributed by atoms with E-state index in [0.717, 1.165) is 49.0 Å². The highest BCUT2D eigenvalue weighted by Crippen LogP contribution is 2.24. The lowest BCUT2D eigenvalue weighted by molar-refractivity contribution is -0.143. The Labute approximate surface area is 190 Å². The predicted octanol–water partition coefficient (Wildman–Crippen LogP) is 6.28. The number of aromatic amines is 1. The summed E-state index contributed by atoms with van der Waals surface area (Å²) in [6.45, 7) is 6.69. The molecule has 0 aliphatic carbocycles. The Kier molecular flexibility index (Phi) is 8.48. The van der Waals surface area contributed by atoms with Crippen LogP contribution >= 0.6 is 0 Å². The maximum atomic E-state index is 11.2. The van der Waals surface area contributed by atoms with Crippen LogP contribution in [0.15, 0.2) is 48.7 Å². The molecule has 0 aliphatic heterocycles. The largest absolute Gasteiger partial charge is 0.466 e. The van der Waals surface area contributed by atoms with Crippen LogP contribution in [0.5, 0.6) is 0 Å². The van der Waals surface area contributed by atoms with Gasteiger partial charge in [0.2, 0.25) is 0 Å². The highest BCUT2D eigenvalue weighted by molar-refractivity contribution is 5.87. The van der Waals surface area contributed by atoms with Gasteiger partial charge < -0.3 is 14.3 Å². The fraction of sp³-hybridized carbons (Fsp3) is 0.407. The Morgan fingerprint density at radius 2 is 1.88 bits per heavy atom. The Hall–Kier alpha value is -3.08. The first-order valence-corrected chi connectivity index (χ1v) is 11.7. The third-order valence-electron chi connectivity index (χ3n) is 5.72. The summed E-state index contributed by atoms with van der Waals surface area (Å²) in [6, 6.07) is 14.5. The number of aryl methyl sites for hydroxylation is 4. The fourth-order valence-electron chi connectivity index (χ4n) is 4.10. The van der Waals surface area contributed by atoms with Gasteiger partial charge in [0.15, 0.2) is 0 Å². The van der Waals surface area contributed by atoms with Crippen molar-refractivity contribution < 1.29 is 9.53 Å². The summed E-state index contributed by atoms with van der Waals surface area (Å²) in [4.78, 5) is 19.0. The van der Waals surface area contributed by atoms with Gasteiger partial charge in [0, 0.05) is 37.0 Å². The van der Waals surface area contributed by atoms with Crippen molar-refractivity contribution >= 4 is 27.9 Å². The van der Waals surface area contributed by atoms with Crippen molar-refractivity contribution in [1.82, 2.24) is 14.5 Å². The van der Waals surface area contributed by atoms with E-state index in [1.165, 1.54) is 22.0 Å². The maximum Gasteiger partial charge on any atom is 0.305 e. The number of benzene rings is 2. The number of imidazole rings is 1. The Morgan fingerprint density at radius 3 is 2.62 bits per heavy atom. The minimum Gasteiger partial charge on any atom is -0.466 e. The van der Waals surface area contributed by atoms with Gasteiger partial charge in [0.25, 0.3) is 0 Å². The number of nitrogens with one attached hydrogen (secondary N) is 1. The first-order chi connectivity index (χ1) is 15.5. The monoisotopic (exact) mass is 433 g/mol. The van der Waals surface area contributed by atoms with Crippen LogP contribution in [0.1, 0.15) is 56.5 Å². The Balaban J connectivity index is 0.000000193. The number of rotatable bonds is 8. The molecule has 170 valence electrons. The van der Waals surface area contributed by atoms with Crippen LogP contribution in [0.25, 0.3) is 21.9 Å². The maximum absolute atomic E-state index is 11.2. The van der Waals surface area contributed by atoms with E-state index in [9.17, 15) is 4.79 Å². The number of fused-ring (bicyclic) bond motifs is 2. The van der Waals surface area contributed by atoms with Gasteiger partial charge in [-0.05, 0) is 62.4 Å². The first-order valence-electron chi connectivity index (χ1n) is 11.7. The van der Waals surface area contributed by atoms with Gasteiger partial charge >= 0.3 is 5.97 Å². The molecule has 0 bridgehead atoms. The molecule has 0 radical (unpaired) electrons. The molecule has 4 rings (SSSR count). The summed E-state index contributed by atoms with van der Waals surface area (Å²) >= 11 is 0. The normalized spacial score (nSPS) is 10.9.